The molecule has 2 aliphatic rings. The molecule has 0 spiro atoms. The highest BCUT2D eigenvalue weighted by molar-refractivity contribution is 9.10. The molecule has 5 rings (SSSR count). The Kier molecular flexibility index (Phi) is 6.31. The zero-order chi connectivity index (χ0) is 22.8. The Hall–Kier alpha value is -2.93. The molecule has 1 N–H and O–H groups in total. The van der Waals surface area contributed by atoms with Crippen LogP contribution in [0.25, 0.3) is 6.08 Å². The molecule has 1 saturated heterocycles. The van der Waals surface area contributed by atoms with E-state index < -0.39 is 0 Å². The van der Waals surface area contributed by atoms with Gasteiger partial charge in [0, 0.05) is 43.7 Å². The van der Waals surface area contributed by atoms with Gasteiger partial charge in [-0.05, 0) is 35.4 Å². The van der Waals surface area contributed by atoms with E-state index in [4.69, 9.17) is 4.74 Å². The summed E-state index contributed by atoms with van der Waals surface area (Å²) in [5, 5.41) is 10.6. The van der Waals surface area contributed by atoms with Crippen LogP contribution in [0.15, 0.2) is 77.0 Å². The SMILES string of the molecule is O=C1/C(=C/c2ccccc2Br)Oc2c1ccc(O)c2CN1CCN(Cc2ccccc2)CC1. The number of ether oxygens (including phenoxy) is 1. The maximum absolute atomic E-state index is 13.0. The number of fused-ring (bicyclic) bond motifs is 1. The summed E-state index contributed by atoms with van der Waals surface area (Å²) in [6.45, 7) is 5.19. The standard InChI is InChI=1S/C27H25BrN2O3/c28-23-9-5-4-8-20(23)16-25-26(32)21-10-11-24(31)22(27(21)33-25)18-30-14-12-29(13-15-30)17-19-6-2-1-3-7-19/h1-11,16,31H,12-15,17-18H2/b25-16-. The molecule has 0 aliphatic carbocycles. The summed E-state index contributed by atoms with van der Waals surface area (Å²) < 4.78 is 6.92. The number of carbonyl (C=O) groups is 1. The number of halogens is 1. The van der Waals surface area contributed by atoms with E-state index in [0.717, 1.165) is 42.8 Å². The summed E-state index contributed by atoms with van der Waals surface area (Å²) in [5.41, 5.74) is 3.37. The van der Waals surface area contributed by atoms with Gasteiger partial charge in [-0.1, -0.05) is 64.5 Å². The lowest BCUT2D eigenvalue weighted by Crippen LogP contribution is -2.45. The Bertz CT molecular complexity index is 1200. The molecule has 0 unspecified atom stereocenters. The number of nitrogens with zero attached hydrogens (tertiary/aromatic N) is 2. The van der Waals surface area contributed by atoms with E-state index in [1.807, 2.05) is 30.3 Å². The Labute approximate surface area is 202 Å². The lowest BCUT2D eigenvalue weighted by molar-refractivity contribution is 0.101. The minimum Gasteiger partial charge on any atom is -0.507 e. The largest absolute Gasteiger partial charge is 0.507 e. The predicted molar refractivity (Wildman–Crippen MR) is 132 cm³/mol. The first-order valence-electron chi connectivity index (χ1n) is 11.1. The number of rotatable bonds is 5. The van der Waals surface area contributed by atoms with E-state index in [0.29, 0.717) is 23.4 Å². The van der Waals surface area contributed by atoms with Gasteiger partial charge in [-0.3, -0.25) is 14.6 Å². The fraction of sp³-hybridized carbons (Fsp3) is 0.222. The number of phenols is 1. The second-order valence-electron chi connectivity index (χ2n) is 8.44. The molecular weight excluding hydrogens is 480 g/mol. The molecule has 0 atom stereocenters. The number of phenolic OH excluding ortho intramolecular Hbond substituents is 1. The van der Waals surface area contributed by atoms with Crippen LogP contribution in [-0.2, 0) is 13.1 Å². The number of Topliss-reactive ketones (excluding diaryl/α,β-unsaturated/α-hetero) is 1. The Morgan fingerprint density at radius 1 is 0.879 bits per heavy atom. The fourth-order valence-corrected chi connectivity index (χ4v) is 4.75. The van der Waals surface area contributed by atoms with Crippen molar-refractivity contribution in [3.8, 4) is 11.5 Å². The van der Waals surface area contributed by atoms with Gasteiger partial charge in [0.1, 0.15) is 11.5 Å². The van der Waals surface area contributed by atoms with Crippen molar-refractivity contribution >= 4 is 27.8 Å². The van der Waals surface area contributed by atoms with Crippen LogP contribution < -0.4 is 4.74 Å². The highest BCUT2D eigenvalue weighted by atomic mass is 79.9. The van der Waals surface area contributed by atoms with Crippen LogP contribution in [0, 0.1) is 0 Å². The molecule has 5 nitrogen and oxygen atoms in total. The number of hydrogen-bond acceptors (Lipinski definition) is 5. The molecule has 1 fully saturated rings. The first kappa shape index (κ1) is 21.9. The number of benzene rings is 3. The summed E-state index contributed by atoms with van der Waals surface area (Å²) >= 11 is 3.51. The highest BCUT2D eigenvalue weighted by Crippen LogP contribution is 2.40. The number of ketones is 1. The van der Waals surface area contributed by atoms with E-state index in [1.54, 1.807) is 18.2 Å². The van der Waals surface area contributed by atoms with Gasteiger partial charge in [-0.2, -0.15) is 0 Å². The third-order valence-corrected chi connectivity index (χ3v) is 6.93. The monoisotopic (exact) mass is 504 g/mol. The van der Waals surface area contributed by atoms with Crippen molar-refractivity contribution < 1.29 is 14.6 Å². The third-order valence-electron chi connectivity index (χ3n) is 6.20. The molecule has 33 heavy (non-hydrogen) atoms. The molecule has 2 heterocycles. The summed E-state index contributed by atoms with van der Waals surface area (Å²) in [6.07, 6.45) is 1.75. The third kappa shape index (κ3) is 4.74. The second kappa shape index (κ2) is 9.51. The van der Waals surface area contributed by atoms with Gasteiger partial charge in [-0.15, -0.1) is 0 Å². The van der Waals surface area contributed by atoms with Crippen molar-refractivity contribution in [2.45, 2.75) is 13.1 Å². The molecule has 3 aromatic rings. The summed E-state index contributed by atoms with van der Waals surface area (Å²) in [4.78, 5) is 17.7. The van der Waals surface area contributed by atoms with Crippen molar-refractivity contribution in [2.75, 3.05) is 26.2 Å². The minimum atomic E-state index is -0.158. The van der Waals surface area contributed by atoms with Crippen LogP contribution in [0.4, 0.5) is 0 Å². The average molecular weight is 505 g/mol. The molecule has 0 aromatic heterocycles. The lowest BCUT2D eigenvalue weighted by Gasteiger charge is -2.35. The van der Waals surface area contributed by atoms with E-state index in [9.17, 15) is 9.90 Å². The lowest BCUT2D eigenvalue weighted by atomic mass is 10.0. The number of aromatic hydroxyl groups is 1. The predicted octanol–water partition coefficient (Wildman–Crippen LogP) is 5.09. The average Bonchev–Trinajstić information content (AvgIpc) is 3.14. The van der Waals surface area contributed by atoms with E-state index in [2.05, 4.69) is 50.0 Å². The van der Waals surface area contributed by atoms with Gasteiger partial charge < -0.3 is 9.84 Å². The highest BCUT2D eigenvalue weighted by Gasteiger charge is 2.32. The van der Waals surface area contributed by atoms with Crippen molar-refractivity contribution in [2.24, 2.45) is 0 Å². The minimum absolute atomic E-state index is 0.158. The van der Waals surface area contributed by atoms with Crippen LogP contribution in [0.2, 0.25) is 0 Å². The van der Waals surface area contributed by atoms with Crippen molar-refractivity contribution in [3.63, 3.8) is 0 Å². The van der Waals surface area contributed by atoms with E-state index >= 15 is 0 Å². The molecule has 2 aliphatic heterocycles. The molecule has 0 radical (unpaired) electrons. The number of hydrogen-bond donors (Lipinski definition) is 1. The molecular formula is C27H25BrN2O3. The van der Waals surface area contributed by atoms with Gasteiger partial charge in [0.2, 0.25) is 5.78 Å². The maximum atomic E-state index is 13.0. The van der Waals surface area contributed by atoms with Gasteiger partial charge in [0.15, 0.2) is 5.76 Å². The van der Waals surface area contributed by atoms with Crippen LogP contribution in [-0.4, -0.2) is 46.9 Å². The normalized spacial score (nSPS) is 17.8. The number of carbonyl (C=O) groups excluding carboxylic acids is 1. The van der Waals surface area contributed by atoms with Crippen molar-refractivity contribution in [3.05, 3.63) is 99.2 Å². The molecule has 0 bridgehead atoms. The van der Waals surface area contributed by atoms with Crippen molar-refractivity contribution in [1.82, 2.24) is 9.80 Å². The molecule has 0 saturated carbocycles. The smallest absolute Gasteiger partial charge is 0.231 e. The van der Waals surface area contributed by atoms with Gasteiger partial charge in [0.05, 0.1) is 11.1 Å². The first-order valence-corrected chi connectivity index (χ1v) is 11.9. The zero-order valence-corrected chi connectivity index (χ0v) is 19.8. The van der Waals surface area contributed by atoms with E-state index in [-0.39, 0.29) is 17.3 Å². The van der Waals surface area contributed by atoms with E-state index in [1.165, 1.54) is 5.56 Å². The first-order chi connectivity index (χ1) is 16.1. The van der Waals surface area contributed by atoms with Crippen molar-refractivity contribution in [1.29, 1.82) is 0 Å². The van der Waals surface area contributed by atoms with Crippen LogP contribution in [0.5, 0.6) is 11.5 Å². The van der Waals surface area contributed by atoms with Crippen LogP contribution in [0.1, 0.15) is 27.0 Å². The molecule has 168 valence electrons. The molecule has 0 amide bonds. The van der Waals surface area contributed by atoms with Crippen LogP contribution >= 0.6 is 15.9 Å². The summed E-state index contributed by atoms with van der Waals surface area (Å²) in [6, 6.07) is 21.4. The maximum Gasteiger partial charge on any atom is 0.231 e. The second-order valence-corrected chi connectivity index (χ2v) is 9.29. The Morgan fingerprint density at radius 3 is 2.27 bits per heavy atom. The quantitative estimate of drug-likeness (QED) is 0.490. The van der Waals surface area contributed by atoms with Gasteiger partial charge >= 0.3 is 0 Å². The molecule has 3 aromatic carbocycles. The van der Waals surface area contributed by atoms with Gasteiger partial charge in [-0.25, -0.2) is 0 Å². The fourth-order valence-electron chi connectivity index (χ4n) is 4.35. The summed E-state index contributed by atoms with van der Waals surface area (Å²) in [5.74, 6) is 0.756. The summed E-state index contributed by atoms with van der Waals surface area (Å²) in [7, 11) is 0. The topological polar surface area (TPSA) is 53.0 Å². The number of piperazine rings is 1. The zero-order valence-electron chi connectivity index (χ0n) is 18.2. The van der Waals surface area contributed by atoms with Crippen LogP contribution in [0.3, 0.4) is 0 Å². The number of allylic oxidation sites excluding steroid dienone is 1. The van der Waals surface area contributed by atoms with Gasteiger partial charge in [0.25, 0.3) is 0 Å². The molecule has 6 heteroatoms. The Balaban J connectivity index is 1.30. The Morgan fingerprint density at radius 2 is 1.55 bits per heavy atom.